The van der Waals surface area contributed by atoms with E-state index < -0.39 is 0 Å². The number of nitrogens with one attached hydrogen (secondary N) is 2. The molecule has 0 atom stereocenters. The SMILES string of the molecule is COc1nc(N[C@H]2CC[C@@H](OC)CC2)nc2[nH]cc(-c3ccc4nccn4n3)c12. The van der Waals surface area contributed by atoms with Gasteiger partial charge in [0.05, 0.1) is 24.3 Å². The van der Waals surface area contributed by atoms with E-state index in [0.717, 1.165) is 48.0 Å². The maximum Gasteiger partial charge on any atom is 0.228 e. The molecule has 0 bridgehead atoms. The molecule has 0 amide bonds. The number of ether oxygens (including phenoxy) is 2. The van der Waals surface area contributed by atoms with Crippen LogP contribution in [0, 0.1) is 0 Å². The number of anilines is 1. The number of hydrogen-bond acceptors (Lipinski definition) is 7. The number of aromatic amines is 1. The van der Waals surface area contributed by atoms with E-state index in [0.29, 0.717) is 29.6 Å². The topological polar surface area (TPSA) is 102 Å². The fourth-order valence-corrected chi connectivity index (χ4v) is 4.00. The van der Waals surface area contributed by atoms with Gasteiger partial charge in [0.2, 0.25) is 11.8 Å². The zero-order valence-corrected chi connectivity index (χ0v) is 16.4. The standard InChI is InChI=1S/C20H23N7O2/c1-28-13-5-3-12(4-6-13)23-20-24-18-17(19(25-20)29-2)14(11-22-18)15-7-8-16-21-9-10-27(16)26-15/h7-13H,3-6H2,1-2H3,(H2,22,23,24,25)/t12-,13+. The Morgan fingerprint density at radius 1 is 1.14 bits per heavy atom. The Morgan fingerprint density at radius 3 is 2.79 bits per heavy atom. The van der Waals surface area contributed by atoms with Gasteiger partial charge in [-0.3, -0.25) is 0 Å². The number of hydrogen-bond donors (Lipinski definition) is 2. The molecular formula is C20H23N7O2. The predicted molar refractivity (Wildman–Crippen MR) is 109 cm³/mol. The van der Waals surface area contributed by atoms with Crippen LogP contribution in [-0.4, -0.2) is 55.9 Å². The molecule has 1 saturated carbocycles. The average Bonchev–Trinajstić information content (AvgIpc) is 3.40. The summed E-state index contributed by atoms with van der Waals surface area (Å²) in [7, 11) is 3.40. The van der Waals surface area contributed by atoms with Gasteiger partial charge >= 0.3 is 0 Å². The summed E-state index contributed by atoms with van der Waals surface area (Å²) in [6.45, 7) is 0. The first-order valence-electron chi connectivity index (χ1n) is 9.78. The maximum atomic E-state index is 5.61. The summed E-state index contributed by atoms with van der Waals surface area (Å²) in [6, 6.07) is 4.20. The van der Waals surface area contributed by atoms with E-state index >= 15 is 0 Å². The molecule has 0 radical (unpaired) electrons. The molecule has 0 aliphatic heterocycles. The van der Waals surface area contributed by atoms with Gasteiger partial charge in [-0.2, -0.15) is 15.1 Å². The molecule has 1 fully saturated rings. The predicted octanol–water partition coefficient (Wildman–Crippen LogP) is 3.05. The van der Waals surface area contributed by atoms with Gasteiger partial charge in [0.25, 0.3) is 0 Å². The second-order valence-corrected chi connectivity index (χ2v) is 7.28. The van der Waals surface area contributed by atoms with E-state index in [2.05, 4.69) is 30.4 Å². The van der Waals surface area contributed by atoms with Crippen molar-refractivity contribution >= 4 is 22.6 Å². The second-order valence-electron chi connectivity index (χ2n) is 7.28. The van der Waals surface area contributed by atoms with E-state index in [4.69, 9.17) is 9.47 Å². The van der Waals surface area contributed by atoms with E-state index in [-0.39, 0.29) is 0 Å². The molecular weight excluding hydrogens is 370 g/mol. The summed E-state index contributed by atoms with van der Waals surface area (Å²) in [5, 5.41) is 8.90. The zero-order valence-electron chi connectivity index (χ0n) is 16.4. The molecule has 4 aromatic heterocycles. The van der Waals surface area contributed by atoms with Crippen LogP contribution in [0.2, 0.25) is 0 Å². The molecule has 5 rings (SSSR count). The van der Waals surface area contributed by atoms with Crippen molar-refractivity contribution in [2.75, 3.05) is 19.5 Å². The number of H-pyrrole nitrogens is 1. The number of imidazole rings is 1. The second kappa shape index (κ2) is 7.32. The molecule has 0 unspecified atom stereocenters. The van der Waals surface area contributed by atoms with E-state index in [9.17, 15) is 0 Å². The Bertz CT molecular complexity index is 1140. The van der Waals surface area contributed by atoms with Crippen molar-refractivity contribution < 1.29 is 9.47 Å². The van der Waals surface area contributed by atoms with Crippen molar-refractivity contribution in [3.63, 3.8) is 0 Å². The quantitative estimate of drug-likeness (QED) is 0.537. The van der Waals surface area contributed by atoms with Crippen LogP contribution in [0.15, 0.2) is 30.7 Å². The summed E-state index contributed by atoms with van der Waals surface area (Å²) < 4.78 is 12.8. The van der Waals surface area contributed by atoms with Crippen LogP contribution in [0.4, 0.5) is 5.95 Å². The van der Waals surface area contributed by atoms with Crippen LogP contribution >= 0.6 is 0 Å². The Kier molecular flexibility index (Phi) is 4.51. The smallest absolute Gasteiger partial charge is 0.228 e. The first-order chi connectivity index (χ1) is 14.2. The normalized spacial score (nSPS) is 19.7. The van der Waals surface area contributed by atoms with Gasteiger partial charge in [0, 0.05) is 37.3 Å². The molecule has 9 nitrogen and oxygen atoms in total. The van der Waals surface area contributed by atoms with Crippen molar-refractivity contribution in [1.82, 2.24) is 29.5 Å². The minimum Gasteiger partial charge on any atom is -0.480 e. The van der Waals surface area contributed by atoms with Gasteiger partial charge in [0.1, 0.15) is 5.65 Å². The molecule has 0 aromatic carbocycles. The lowest BCUT2D eigenvalue weighted by Crippen LogP contribution is -2.29. The van der Waals surface area contributed by atoms with Crippen LogP contribution in [0.5, 0.6) is 5.88 Å². The fourth-order valence-electron chi connectivity index (χ4n) is 4.00. The van der Waals surface area contributed by atoms with Gasteiger partial charge in [-0.1, -0.05) is 0 Å². The van der Waals surface area contributed by atoms with Crippen LogP contribution < -0.4 is 10.1 Å². The Labute approximate surface area is 167 Å². The highest BCUT2D eigenvalue weighted by molar-refractivity contribution is 5.96. The summed E-state index contributed by atoms with van der Waals surface area (Å²) >= 11 is 0. The zero-order chi connectivity index (χ0) is 19.8. The molecule has 4 aromatic rings. The molecule has 1 aliphatic rings. The van der Waals surface area contributed by atoms with Crippen molar-refractivity contribution in [1.29, 1.82) is 0 Å². The van der Waals surface area contributed by atoms with Crippen LogP contribution in [0.1, 0.15) is 25.7 Å². The third-order valence-corrected chi connectivity index (χ3v) is 5.56. The summed E-state index contributed by atoms with van der Waals surface area (Å²) in [4.78, 5) is 16.8. The first-order valence-corrected chi connectivity index (χ1v) is 9.78. The number of fused-ring (bicyclic) bond motifs is 2. The summed E-state index contributed by atoms with van der Waals surface area (Å²) in [5.41, 5.74) is 3.20. The fraction of sp³-hybridized carbons (Fsp3) is 0.400. The van der Waals surface area contributed by atoms with Crippen molar-refractivity contribution in [3.05, 3.63) is 30.7 Å². The third-order valence-electron chi connectivity index (χ3n) is 5.56. The molecule has 0 saturated heterocycles. The van der Waals surface area contributed by atoms with Gasteiger partial charge in [-0.25, -0.2) is 9.50 Å². The number of nitrogens with zero attached hydrogens (tertiary/aromatic N) is 5. The van der Waals surface area contributed by atoms with Crippen molar-refractivity contribution in [3.8, 4) is 17.1 Å². The minimum absolute atomic E-state index is 0.336. The van der Waals surface area contributed by atoms with Crippen molar-refractivity contribution in [2.24, 2.45) is 0 Å². The van der Waals surface area contributed by atoms with Crippen LogP contribution in [0.3, 0.4) is 0 Å². The third kappa shape index (κ3) is 3.27. The van der Waals surface area contributed by atoms with Gasteiger partial charge in [-0.15, -0.1) is 0 Å². The van der Waals surface area contributed by atoms with Gasteiger partial charge in [-0.05, 0) is 37.8 Å². The molecule has 1 aliphatic carbocycles. The molecule has 9 heteroatoms. The molecule has 29 heavy (non-hydrogen) atoms. The van der Waals surface area contributed by atoms with Crippen LogP contribution in [-0.2, 0) is 4.74 Å². The summed E-state index contributed by atoms with van der Waals surface area (Å²) in [6.07, 6.45) is 9.95. The Balaban J connectivity index is 1.47. The van der Waals surface area contributed by atoms with Crippen molar-refractivity contribution in [2.45, 2.75) is 37.8 Å². The van der Waals surface area contributed by atoms with Gasteiger partial charge < -0.3 is 19.8 Å². The lowest BCUT2D eigenvalue weighted by molar-refractivity contribution is 0.0681. The van der Waals surface area contributed by atoms with Crippen LogP contribution in [0.25, 0.3) is 27.9 Å². The molecule has 4 heterocycles. The number of methoxy groups -OCH3 is 2. The largest absolute Gasteiger partial charge is 0.480 e. The molecule has 0 spiro atoms. The van der Waals surface area contributed by atoms with E-state index in [1.165, 1.54) is 0 Å². The van der Waals surface area contributed by atoms with E-state index in [1.54, 1.807) is 24.9 Å². The minimum atomic E-state index is 0.336. The molecule has 150 valence electrons. The molecule has 2 N–H and O–H groups in total. The first kappa shape index (κ1) is 17.9. The monoisotopic (exact) mass is 393 g/mol. The average molecular weight is 393 g/mol. The maximum absolute atomic E-state index is 5.61. The summed E-state index contributed by atoms with van der Waals surface area (Å²) in [5.74, 6) is 1.09. The lowest BCUT2D eigenvalue weighted by atomic mass is 9.93. The highest BCUT2D eigenvalue weighted by Gasteiger charge is 2.23. The number of rotatable bonds is 5. The lowest BCUT2D eigenvalue weighted by Gasteiger charge is -2.28. The van der Waals surface area contributed by atoms with Gasteiger partial charge in [0.15, 0.2) is 5.65 Å². The van der Waals surface area contributed by atoms with E-state index in [1.807, 2.05) is 24.5 Å². The number of aromatic nitrogens is 6. The Hall–Kier alpha value is -3.20. The highest BCUT2D eigenvalue weighted by atomic mass is 16.5. The Morgan fingerprint density at radius 2 is 2.00 bits per heavy atom. The highest BCUT2D eigenvalue weighted by Crippen LogP contribution is 2.34.